The highest BCUT2D eigenvalue weighted by molar-refractivity contribution is 7.99. The zero-order valence-corrected chi connectivity index (χ0v) is 23.1. The Morgan fingerprint density at radius 3 is 2.50 bits per heavy atom. The summed E-state index contributed by atoms with van der Waals surface area (Å²) in [4.78, 5) is 17.4. The van der Waals surface area contributed by atoms with E-state index in [1.807, 2.05) is 84.4 Å². The predicted molar refractivity (Wildman–Crippen MR) is 162 cm³/mol. The number of imidazole rings is 1. The first-order valence-electron chi connectivity index (χ1n) is 13.1. The van der Waals surface area contributed by atoms with Gasteiger partial charge in [-0.1, -0.05) is 102 Å². The normalized spacial score (nSPS) is 14.8. The summed E-state index contributed by atoms with van der Waals surface area (Å²) in [5, 5.41) is 5.19. The number of ether oxygens (including phenoxy) is 1. The van der Waals surface area contributed by atoms with Gasteiger partial charge < -0.3 is 9.30 Å². The van der Waals surface area contributed by atoms with Gasteiger partial charge in [-0.3, -0.25) is 4.79 Å². The molecule has 7 heteroatoms. The van der Waals surface area contributed by atoms with Crippen molar-refractivity contribution in [1.82, 2.24) is 15.0 Å². The number of nitrogens with one attached hydrogen (secondary N) is 1. The van der Waals surface area contributed by atoms with E-state index >= 15 is 0 Å². The molecule has 198 valence electrons. The molecule has 0 unspecified atom stereocenters. The lowest BCUT2D eigenvalue weighted by Crippen LogP contribution is -2.22. The largest absolute Gasteiger partial charge is 0.456 e. The van der Waals surface area contributed by atoms with Crippen LogP contribution in [0.4, 0.5) is 0 Å². The van der Waals surface area contributed by atoms with Gasteiger partial charge in [0.15, 0.2) is 5.16 Å². The van der Waals surface area contributed by atoms with Gasteiger partial charge in [0.1, 0.15) is 11.5 Å². The predicted octanol–water partition coefficient (Wildman–Crippen LogP) is 6.71. The highest BCUT2D eigenvalue weighted by Gasteiger charge is 2.31. The number of thioether (sulfide) groups is 1. The molecule has 2 heterocycles. The second kappa shape index (κ2) is 11.2. The quantitative estimate of drug-likeness (QED) is 0.140. The third-order valence-corrected chi connectivity index (χ3v) is 7.96. The van der Waals surface area contributed by atoms with E-state index in [9.17, 15) is 4.79 Å². The van der Waals surface area contributed by atoms with E-state index in [1.165, 1.54) is 17.3 Å². The summed E-state index contributed by atoms with van der Waals surface area (Å²) < 4.78 is 8.47. The molecule has 1 aliphatic rings. The monoisotopic (exact) mass is 544 g/mol. The fourth-order valence-electron chi connectivity index (χ4n) is 4.93. The Labute approximate surface area is 237 Å². The fourth-order valence-corrected chi connectivity index (χ4v) is 5.71. The van der Waals surface area contributed by atoms with Gasteiger partial charge in [0.2, 0.25) is 0 Å². The van der Waals surface area contributed by atoms with Gasteiger partial charge in [-0.2, -0.15) is 5.10 Å². The van der Waals surface area contributed by atoms with Crippen LogP contribution in [0, 0.1) is 6.92 Å². The summed E-state index contributed by atoms with van der Waals surface area (Å²) in [6, 6.07) is 34.5. The molecule has 4 aromatic carbocycles. The molecule has 6 rings (SSSR count). The molecule has 0 spiro atoms. The Kier molecular flexibility index (Phi) is 7.21. The topological polar surface area (TPSA) is 68.5 Å². The third-order valence-electron chi connectivity index (χ3n) is 6.93. The second-order valence-electron chi connectivity index (χ2n) is 9.66. The van der Waals surface area contributed by atoms with E-state index < -0.39 is 0 Å². The maximum atomic E-state index is 12.8. The average molecular weight is 545 g/mol. The van der Waals surface area contributed by atoms with E-state index in [4.69, 9.17) is 4.74 Å². The molecule has 0 radical (unpaired) electrons. The summed E-state index contributed by atoms with van der Waals surface area (Å²) in [7, 11) is 1.96. The molecule has 1 N–H and O–H groups in total. The standard InChI is InChI=1S/C33H28N4O2S/c1-22-16-18-23(19-17-22)31-25-12-6-9-15-29(25)39-32(24-10-4-3-5-11-24)26(31)20-34-36-30(38)21-40-33-35-27-13-7-8-14-28(27)37(33)2/h3-20,31H,21H2,1-2H3,(H,36,38)/b34-20-/t31-/m1/s1. The first kappa shape index (κ1) is 25.6. The van der Waals surface area contributed by atoms with Gasteiger partial charge in [0.25, 0.3) is 5.91 Å². The first-order chi connectivity index (χ1) is 19.6. The number of hydrogen-bond donors (Lipinski definition) is 1. The van der Waals surface area contributed by atoms with Gasteiger partial charge in [0.05, 0.1) is 23.0 Å². The molecule has 1 aromatic heterocycles. The smallest absolute Gasteiger partial charge is 0.250 e. The second-order valence-corrected chi connectivity index (χ2v) is 10.6. The van der Waals surface area contributed by atoms with Crippen molar-refractivity contribution in [2.75, 3.05) is 5.75 Å². The number of para-hydroxylation sites is 3. The van der Waals surface area contributed by atoms with Crippen molar-refractivity contribution in [2.24, 2.45) is 12.1 Å². The molecule has 0 saturated carbocycles. The van der Waals surface area contributed by atoms with Crippen LogP contribution >= 0.6 is 11.8 Å². The molecule has 40 heavy (non-hydrogen) atoms. The lowest BCUT2D eigenvalue weighted by atomic mass is 9.81. The van der Waals surface area contributed by atoms with Gasteiger partial charge >= 0.3 is 0 Å². The summed E-state index contributed by atoms with van der Waals surface area (Å²) in [6.45, 7) is 2.08. The number of allylic oxidation sites excluding steroid dienone is 1. The number of carbonyl (C=O) groups is 1. The molecule has 5 aromatic rings. The minimum atomic E-state index is -0.209. The van der Waals surface area contributed by atoms with E-state index in [-0.39, 0.29) is 17.6 Å². The number of fused-ring (bicyclic) bond motifs is 2. The van der Waals surface area contributed by atoms with Crippen LogP contribution in [0.3, 0.4) is 0 Å². The van der Waals surface area contributed by atoms with Gasteiger partial charge in [-0.15, -0.1) is 0 Å². The van der Waals surface area contributed by atoms with Crippen molar-refractivity contribution in [2.45, 2.75) is 18.0 Å². The summed E-state index contributed by atoms with van der Waals surface area (Å²) in [6.07, 6.45) is 1.72. The van der Waals surface area contributed by atoms with Gasteiger partial charge in [-0.05, 0) is 30.7 Å². The maximum absolute atomic E-state index is 12.8. The average Bonchev–Trinajstić information content (AvgIpc) is 3.32. The Morgan fingerprint density at radius 1 is 0.975 bits per heavy atom. The molecule has 0 bridgehead atoms. The van der Waals surface area contributed by atoms with Crippen molar-refractivity contribution in [3.05, 3.63) is 131 Å². The maximum Gasteiger partial charge on any atom is 0.250 e. The van der Waals surface area contributed by atoms with Gasteiger partial charge in [0, 0.05) is 29.7 Å². The van der Waals surface area contributed by atoms with Crippen molar-refractivity contribution in [3.63, 3.8) is 0 Å². The van der Waals surface area contributed by atoms with Crippen molar-refractivity contribution >= 4 is 40.7 Å². The highest BCUT2D eigenvalue weighted by Crippen LogP contribution is 2.45. The van der Waals surface area contributed by atoms with Crippen molar-refractivity contribution in [1.29, 1.82) is 0 Å². The Bertz CT molecular complexity index is 1740. The number of aromatic nitrogens is 2. The van der Waals surface area contributed by atoms with Crippen LogP contribution in [0.5, 0.6) is 5.75 Å². The van der Waals surface area contributed by atoms with Crippen LogP contribution in [0.15, 0.2) is 119 Å². The highest BCUT2D eigenvalue weighted by atomic mass is 32.2. The van der Waals surface area contributed by atoms with Crippen LogP contribution in [0.25, 0.3) is 16.8 Å². The Hall–Kier alpha value is -4.62. The summed E-state index contributed by atoms with van der Waals surface area (Å²) in [5.74, 6) is 1.40. The minimum absolute atomic E-state index is 0.115. The fraction of sp³-hybridized carbons (Fsp3) is 0.121. The van der Waals surface area contributed by atoms with Crippen molar-refractivity contribution in [3.8, 4) is 5.75 Å². The number of carbonyl (C=O) groups excluding carboxylic acids is 1. The third kappa shape index (κ3) is 5.16. The molecular formula is C33H28N4O2S. The van der Waals surface area contributed by atoms with Crippen LogP contribution in [0.1, 0.15) is 28.2 Å². The van der Waals surface area contributed by atoms with Crippen LogP contribution in [-0.2, 0) is 11.8 Å². The number of rotatable bonds is 7. The Balaban J connectivity index is 1.29. The van der Waals surface area contributed by atoms with Crippen molar-refractivity contribution < 1.29 is 9.53 Å². The molecule has 0 fully saturated rings. The molecule has 1 atom stereocenters. The molecule has 0 aliphatic carbocycles. The minimum Gasteiger partial charge on any atom is -0.456 e. The Morgan fingerprint density at radius 2 is 1.70 bits per heavy atom. The van der Waals surface area contributed by atoms with Crippen LogP contribution in [0.2, 0.25) is 0 Å². The van der Waals surface area contributed by atoms with E-state index in [1.54, 1.807) is 6.21 Å². The first-order valence-corrected chi connectivity index (χ1v) is 14.1. The van der Waals surface area contributed by atoms with Gasteiger partial charge in [-0.25, -0.2) is 10.4 Å². The summed E-state index contributed by atoms with van der Waals surface area (Å²) in [5.41, 5.74) is 9.84. The number of amides is 1. The zero-order chi connectivity index (χ0) is 27.5. The zero-order valence-electron chi connectivity index (χ0n) is 22.2. The number of nitrogens with zero attached hydrogens (tertiary/aromatic N) is 3. The van der Waals surface area contributed by atoms with Crippen LogP contribution in [-0.4, -0.2) is 27.4 Å². The number of hydrogen-bond acceptors (Lipinski definition) is 5. The number of benzene rings is 4. The molecule has 1 amide bonds. The molecule has 0 saturated heterocycles. The lowest BCUT2D eigenvalue weighted by molar-refractivity contribution is -0.118. The van der Waals surface area contributed by atoms with E-state index in [2.05, 4.69) is 52.8 Å². The molecule has 6 nitrogen and oxygen atoms in total. The van der Waals surface area contributed by atoms with Crippen LogP contribution < -0.4 is 10.2 Å². The SMILES string of the molecule is Cc1ccc([C@H]2C(/C=N\NC(=O)CSc3nc4ccccc4n3C)=C(c3ccccc3)Oc3ccccc32)cc1. The number of hydrazone groups is 1. The lowest BCUT2D eigenvalue weighted by Gasteiger charge is -2.30. The van der Waals surface area contributed by atoms with E-state index in [0.717, 1.165) is 50.0 Å². The summed E-state index contributed by atoms with van der Waals surface area (Å²) >= 11 is 1.38. The van der Waals surface area contributed by atoms with E-state index in [0.29, 0.717) is 0 Å². The number of aryl methyl sites for hydroxylation is 2. The molecular weight excluding hydrogens is 516 g/mol. The molecule has 1 aliphatic heterocycles.